The summed E-state index contributed by atoms with van der Waals surface area (Å²) in [5, 5.41) is 8.07. The molecular formula is C8H11NO. The van der Waals surface area contributed by atoms with Crippen molar-refractivity contribution in [1.82, 2.24) is 0 Å². The maximum absolute atomic E-state index is 8.07. The molecule has 0 spiro atoms. The van der Waals surface area contributed by atoms with Gasteiger partial charge in [-0.05, 0) is 26.8 Å². The molecule has 0 heterocycles. The number of nitriles is 1. The highest BCUT2D eigenvalue weighted by molar-refractivity contribution is 5.11. The van der Waals surface area contributed by atoms with E-state index in [9.17, 15) is 0 Å². The fraction of sp³-hybridized carbons (Fsp3) is 0.375. The SMILES string of the molecule is CC(C)=C/C=C(\C)OC#N. The van der Waals surface area contributed by atoms with Gasteiger partial charge in [0.05, 0.1) is 0 Å². The quantitative estimate of drug-likeness (QED) is 0.332. The normalized spacial score (nSPS) is 10.0. The molecule has 2 nitrogen and oxygen atoms in total. The average Bonchev–Trinajstić information content (AvgIpc) is 1.85. The molecule has 0 fully saturated rings. The molecular weight excluding hydrogens is 126 g/mol. The lowest BCUT2D eigenvalue weighted by molar-refractivity contribution is 0.377. The van der Waals surface area contributed by atoms with Crippen LogP contribution in [0.1, 0.15) is 20.8 Å². The molecule has 0 amide bonds. The lowest BCUT2D eigenvalue weighted by Crippen LogP contribution is -1.75. The van der Waals surface area contributed by atoms with Gasteiger partial charge in [-0.3, -0.25) is 0 Å². The third-order valence-corrected chi connectivity index (χ3v) is 0.858. The van der Waals surface area contributed by atoms with Crippen LogP contribution in [0.2, 0.25) is 0 Å². The van der Waals surface area contributed by atoms with Crippen molar-refractivity contribution in [2.75, 3.05) is 0 Å². The van der Waals surface area contributed by atoms with Crippen LogP contribution < -0.4 is 0 Å². The molecule has 0 bridgehead atoms. The van der Waals surface area contributed by atoms with E-state index in [1.165, 1.54) is 5.57 Å². The number of rotatable bonds is 2. The van der Waals surface area contributed by atoms with Crippen molar-refractivity contribution in [3.63, 3.8) is 0 Å². The molecule has 0 aliphatic heterocycles. The fourth-order valence-electron chi connectivity index (χ4n) is 0.390. The van der Waals surface area contributed by atoms with Crippen LogP contribution in [0.25, 0.3) is 0 Å². The lowest BCUT2D eigenvalue weighted by Gasteiger charge is -1.90. The molecule has 0 aromatic carbocycles. The van der Waals surface area contributed by atoms with Gasteiger partial charge in [0.25, 0.3) is 6.26 Å². The summed E-state index contributed by atoms with van der Waals surface area (Å²) >= 11 is 0. The second-order valence-electron chi connectivity index (χ2n) is 2.21. The molecule has 2 heteroatoms. The van der Waals surface area contributed by atoms with Crippen molar-refractivity contribution >= 4 is 0 Å². The Kier molecular flexibility index (Phi) is 4.06. The Hall–Kier alpha value is -1.23. The van der Waals surface area contributed by atoms with Gasteiger partial charge in [-0.25, -0.2) is 0 Å². The molecule has 0 saturated heterocycles. The summed E-state index contributed by atoms with van der Waals surface area (Å²) in [5.41, 5.74) is 1.18. The first-order valence-electron chi connectivity index (χ1n) is 3.04. The molecule has 0 N–H and O–H groups in total. The summed E-state index contributed by atoms with van der Waals surface area (Å²) in [6.07, 6.45) is 5.25. The predicted octanol–water partition coefficient (Wildman–Crippen LogP) is 2.35. The van der Waals surface area contributed by atoms with E-state index in [0.29, 0.717) is 5.76 Å². The Bertz CT molecular complexity index is 192. The molecule has 0 atom stereocenters. The van der Waals surface area contributed by atoms with Crippen molar-refractivity contribution in [2.24, 2.45) is 0 Å². The summed E-state index contributed by atoms with van der Waals surface area (Å²) in [4.78, 5) is 0. The largest absolute Gasteiger partial charge is 0.393 e. The first kappa shape index (κ1) is 8.77. The Balaban J connectivity index is 3.95. The number of allylic oxidation sites excluding steroid dienone is 4. The van der Waals surface area contributed by atoms with Gasteiger partial charge in [-0.2, -0.15) is 0 Å². The molecule has 0 aromatic rings. The van der Waals surface area contributed by atoms with Crippen LogP contribution in [0, 0.1) is 11.5 Å². The monoisotopic (exact) mass is 137 g/mol. The van der Waals surface area contributed by atoms with Gasteiger partial charge in [0.1, 0.15) is 5.76 Å². The minimum absolute atomic E-state index is 0.615. The molecule has 0 aromatic heterocycles. The maximum Gasteiger partial charge on any atom is 0.291 e. The van der Waals surface area contributed by atoms with E-state index in [0.717, 1.165) is 0 Å². The molecule has 0 radical (unpaired) electrons. The van der Waals surface area contributed by atoms with Crippen LogP contribution in [-0.4, -0.2) is 0 Å². The third kappa shape index (κ3) is 4.92. The highest BCUT2D eigenvalue weighted by Gasteiger charge is 1.82. The van der Waals surface area contributed by atoms with Crippen LogP contribution in [0.4, 0.5) is 0 Å². The number of nitrogens with zero attached hydrogens (tertiary/aromatic N) is 1. The topological polar surface area (TPSA) is 33.0 Å². The van der Waals surface area contributed by atoms with E-state index in [1.807, 2.05) is 19.9 Å². The minimum Gasteiger partial charge on any atom is -0.393 e. The van der Waals surface area contributed by atoms with E-state index in [2.05, 4.69) is 4.74 Å². The van der Waals surface area contributed by atoms with E-state index >= 15 is 0 Å². The van der Waals surface area contributed by atoms with Crippen LogP contribution in [0.3, 0.4) is 0 Å². The third-order valence-electron chi connectivity index (χ3n) is 0.858. The lowest BCUT2D eigenvalue weighted by atomic mass is 10.3. The summed E-state index contributed by atoms with van der Waals surface area (Å²) in [6.45, 7) is 5.70. The standard InChI is InChI=1S/C8H11NO/c1-7(2)4-5-8(3)10-6-9/h4-5H,1-3H3/b8-5+. The van der Waals surface area contributed by atoms with Crippen molar-refractivity contribution < 1.29 is 4.74 Å². The molecule has 0 rings (SSSR count). The smallest absolute Gasteiger partial charge is 0.291 e. The number of hydrogen-bond donors (Lipinski definition) is 0. The summed E-state index contributed by atoms with van der Waals surface area (Å²) in [5.74, 6) is 0.615. The summed E-state index contributed by atoms with van der Waals surface area (Å²) < 4.78 is 4.51. The van der Waals surface area contributed by atoms with Gasteiger partial charge in [-0.1, -0.05) is 11.6 Å². The highest BCUT2D eigenvalue weighted by atomic mass is 16.5. The average molecular weight is 137 g/mol. The van der Waals surface area contributed by atoms with E-state index in [4.69, 9.17) is 5.26 Å². The Labute approximate surface area is 61.4 Å². The zero-order valence-electron chi connectivity index (χ0n) is 6.51. The van der Waals surface area contributed by atoms with Gasteiger partial charge >= 0.3 is 0 Å². The van der Waals surface area contributed by atoms with Crippen LogP contribution in [0.15, 0.2) is 23.5 Å². The zero-order valence-corrected chi connectivity index (χ0v) is 6.51. The van der Waals surface area contributed by atoms with Gasteiger partial charge in [0.2, 0.25) is 0 Å². The van der Waals surface area contributed by atoms with Crippen LogP contribution in [0.5, 0.6) is 0 Å². The molecule has 0 unspecified atom stereocenters. The van der Waals surface area contributed by atoms with Gasteiger partial charge in [0, 0.05) is 0 Å². The van der Waals surface area contributed by atoms with Crippen molar-refractivity contribution in [1.29, 1.82) is 5.26 Å². The van der Waals surface area contributed by atoms with Crippen molar-refractivity contribution in [3.8, 4) is 6.26 Å². The fourth-order valence-corrected chi connectivity index (χ4v) is 0.390. The highest BCUT2D eigenvalue weighted by Crippen LogP contribution is 1.96. The van der Waals surface area contributed by atoms with Crippen molar-refractivity contribution in [2.45, 2.75) is 20.8 Å². The molecule has 0 aliphatic rings. The van der Waals surface area contributed by atoms with E-state index in [-0.39, 0.29) is 0 Å². The van der Waals surface area contributed by atoms with Gasteiger partial charge < -0.3 is 4.74 Å². The second kappa shape index (κ2) is 4.63. The predicted molar refractivity (Wildman–Crippen MR) is 39.9 cm³/mol. The first-order valence-corrected chi connectivity index (χ1v) is 3.04. The van der Waals surface area contributed by atoms with E-state index < -0.39 is 0 Å². The van der Waals surface area contributed by atoms with Crippen molar-refractivity contribution in [3.05, 3.63) is 23.5 Å². The maximum atomic E-state index is 8.07. The molecule has 10 heavy (non-hydrogen) atoms. The van der Waals surface area contributed by atoms with E-state index in [1.54, 1.807) is 19.3 Å². The van der Waals surface area contributed by atoms with Gasteiger partial charge in [0.15, 0.2) is 0 Å². The van der Waals surface area contributed by atoms with Gasteiger partial charge in [-0.15, -0.1) is 5.26 Å². The summed E-state index contributed by atoms with van der Waals surface area (Å²) in [7, 11) is 0. The minimum atomic E-state index is 0.615. The molecule has 54 valence electrons. The van der Waals surface area contributed by atoms with Crippen LogP contribution in [-0.2, 0) is 4.74 Å². The molecule has 0 aliphatic carbocycles. The number of ether oxygens (including phenoxy) is 1. The second-order valence-corrected chi connectivity index (χ2v) is 2.21. The molecule has 0 saturated carbocycles. The van der Waals surface area contributed by atoms with Crippen LogP contribution >= 0.6 is 0 Å². The first-order chi connectivity index (χ1) is 4.66. The zero-order chi connectivity index (χ0) is 7.98. The Morgan fingerprint density at radius 2 is 1.90 bits per heavy atom. The number of hydrogen-bond acceptors (Lipinski definition) is 2. The Morgan fingerprint density at radius 1 is 1.30 bits per heavy atom. The summed E-state index contributed by atoms with van der Waals surface area (Å²) in [6, 6.07) is 0. The Morgan fingerprint density at radius 3 is 2.30 bits per heavy atom.